The maximum absolute atomic E-state index is 4.42. The fraction of sp³-hybridized carbons (Fsp3) is 0.857. The summed E-state index contributed by atoms with van der Waals surface area (Å²) >= 11 is 0. The summed E-state index contributed by atoms with van der Waals surface area (Å²) in [6, 6.07) is 2.56. The molecule has 19 heavy (non-hydrogen) atoms. The fourth-order valence-corrected chi connectivity index (χ4v) is 3.56. The zero-order valence-corrected chi connectivity index (χ0v) is 12.2. The van der Waals surface area contributed by atoms with Gasteiger partial charge >= 0.3 is 0 Å². The van der Waals surface area contributed by atoms with E-state index in [9.17, 15) is 0 Å². The van der Waals surface area contributed by atoms with E-state index in [-0.39, 0.29) is 0 Å². The van der Waals surface area contributed by atoms with Crippen LogP contribution in [0.3, 0.4) is 0 Å². The molecule has 2 aliphatic rings. The molecule has 2 bridgehead atoms. The summed E-state index contributed by atoms with van der Waals surface area (Å²) in [6.45, 7) is 5.22. The first kappa shape index (κ1) is 13.1. The van der Waals surface area contributed by atoms with Crippen LogP contribution < -0.4 is 5.32 Å². The van der Waals surface area contributed by atoms with E-state index in [0.717, 1.165) is 24.5 Å². The Bertz CT molecular complexity index is 415. The number of aromatic nitrogens is 3. The number of hydrogen-bond donors (Lipinski definition) is 1. The minimum atomic E-state index is 0.384. The van der Waals surface area contributed by atoms with Crippen molar-refractivity contribution >= 4 is 0 Å². The number of hydrogen-bond acceptors (Lipinski definition) is 4. The molecule has 1 aromatic heterocycles. The molecule has 3 rings (SSSR count). The van der Waals surface area contributed by atoms with Crippen LogP contribution >= 0.6 is 0 Å². The van der Waals surface area contributed by atoms with Crippen molar-refractivity contribution in [3.05, 3.63) is 12.2 Å². The third-order valence-electron chi connectivity index (χ3n) is 4.60. The molecule has 2 atom stereocenters. The lowest BCUT2D eigenvalue weighted by atomic mass is 9.98. The Morgan fingerprint density at radius 1 is 1.37 bits per heavy atom. The minimum Gasteiger partial charge on any atom is -0.311 e. The molecule has 106 valence electrons. The number of nitrogens with one attached hydrogen (secondary N) is 1. The van der Waals surface area contributed by atoms with Crippen LogP contribution in [-0.4, -0.2) is 44.8 Å². The summed E-state index contributed by atoms with van der Waals surface area (Å²) in [5.41, 5.74) is 0. The Morgan fingerprint density at radius 2 is 2.05 bits per heavy atom. The third kappa shape index (κ3) is 2.67. The summed E-state index contributed by atoms with van der Waals surface area (Å²) in [5, 5.41) is 8.03. The second-order valence-corrected chi connectivity index (χ2v) is 6.39. The predicted octanol–water partition coefficient (Wildman–Crippen LogP) is 1.57. The average Bonchev–Trinajstić information content (AvgIpc) is 2.96. The van der Waals surface area contributed by atoms with Gasteiger partial charge in [0.2, 0.25) is 0 Å². The topological polar surface area (TPSA) is 46.0 Å². The van der Waals surface area contributed by atoms with Crippen molar-refractivity contribution in [1.82, 2.24) is 25.0 Å². The first-order valence-electron chi connectivity index (χ1n) is 7.48. The highest BCUT2D eigenvalue weighted by atomic mass is 15.4. The van der Waals surface area contributed by atoms with Crippen LogP contribution in [0.25, 0.3) is 0 Å². The highest BCUT2D eigenvalue weighted by Crippen LogP contribution is 2.29. The molecule has 2 saturated heterocycles. The first-order valence-corrected chi connectivity index (χ1v) is 7.48. The van der Waals surface area contributed by atoms with Gasteiger partial charge in [-0.3, -0.25) is 4.90 Å². The lowest BCUT2D eigenvalue weighted by Crippen LogP contribution is -2.46. The van der Waals surface area contributed by atoms with Crippen molar-refractivity contribution < 1.29 is 0 Å². The van der Waals surface area contributed by atoms with E-state index in [1.807, 2.05) is 4.68 Å². The van der Waals surface area contributed by atoms with E-state index in [4.69, 9.17) is 0 Å². The van der Waals surface area contributed by atoms with Crippen LogP contribution in [0.4, 0.5) is 0 Å². The van der Waals surface area contributed by atoms with Crippen LogP contribution in [0.2, 0.25) is 0 Å². The molecule has 0 spiro atoms. The summed E-state index contributed by atoms with van der Waals surface area (Å²) in [4.78, 5) is 6.89. The first-order chi connectivity index (χ1) is 9.13. The monoisotopic (exact) mass is 263 g/mol. The molecule has 2 fully saturated rings. The standard InChI is InChI=1S/C14H25N5/c1-10(2)19-14(15-9-16-19)8-18(3)13-6-11-4-5-12(7-13)17-11/h9-13,17H,4-8H2,1-3H3. The Labute approximate surface area is 115 Å². The Kier molecular flexibility index (Phi) is 3.58. The molecule has 0 aliphatic carbocycles. The van der Waals surface area contributed by atoms with E-state index in [1.165, 1.54) is 25.7 Å². The third-order valence-corrected chi connectivity index (χ3v) is 4.60. The Balaban J connectivity index is 1.64. The van der Waals surface area contributed by atoms with E-state index in [2.05, 4.69) is 41.2 Å². The van der Waals surface area contributed by atoms with Crippen molar-refractivity contribution in [3.8, 4) is 0 Å². The molecule has 3 heterocycles. The van der Waals surface area contributed by atoms with Crippen LogP contribution in [-0.2, 0) is 6.54 Å². The van der Waals surface area contributed by atoms with E-state index >= 15 is 0 Å². The molecular formula is C14H25N5. The Morgan fingerprint density at radius 3 is 2.68 bits per heavy atom. The number of fused-ring (bicyclic) bond motifs is 2. The highest BCUT2D eigenvalue weighted by molar-refractivity contribution is 4.96. The van der Waals surface area contributed by atoms with Gasteiger partial charge in [0.1, 0.15) is 12.2 Å². The molecule has 0 amide bonds. The highest BCUT2D eigenvalue weighted by Gasteiger charge is 2.35. The van der Waals surface area contributed by atoms with Crippen LogP contribution in [0.5, 0.6) is 0 Å². The summed E-state index contributed by atoms with van der Waals surface area (Å²) in [7, 11) is 2.23. The van der Waals surface area contributed by atoms with Gasteiger partial charge in [0.05, 0.1) is 6.54 Å². The zero-order valence-electron chi connectivity index (χ0n) is 12.2. The van der Waals surface area contributed by atoms with Gasteiger partial charge in [0, 0.05) is 24.2 Å². The van der Waals surface area contributed by atoms with Gasteiger partial charge in [-0.25, -0.2) is 9.67 Å². The van der Waals surface area contributed by atoms with Crippen molar-refractivity contribution in [1.29, 1.82) is 0 Å². The maximum atomic E-state index is 4.42. The summed E-state index contributed by atoms with van der Waals surface area (Å²) in [5.74, 6) is 1.09. The normalized spacial score (nSPS) is 30.5. The fourth-order valence-electron chi connectivity index (χ4n) is 3.56. The lowest BCUT2D eigenvalue weighted by Gasteiger charge is -2.35. The Hall–Kier alpha value is -0.940. The SMILES string of the molecule is CC(C)n1ncnc1CN(C)C1CC2CCC(C1)N2. The van der Waals surface area contributed by atoms with Crippen molar-refractivity contribution in [2.24, 2.45) is 0 Å². The summed E-state index contributed by atoms with van der Waals surface area (Å²) < 4.78 is 2.03. The van der Waals surface area contributed by atoms with Crippen molar-refractivity contribution in [2.75, 3.05) is 7.05 Å². The minimum absolute atomic E-state index is 0.384. The summed E-state index contributed by atoms with van der Waals surface area (Å²) in [6.07, 6.45) is 6.95. The zero-order chi connectivity index (χ0) is 13.4. The van der Waals surface area contributed by atoms with E-state index in [0.29, 0.717) is 12.1 Å². The second-order valence-electron chi connectivity index (χ2n) is 6.39. The average molecular weight is 263 g/mol. The molecule has 2 aliphatic heterocycles. The smallest absolute Gasteiger partial charge is 0.141 e. The van der Waals surface area contributed by atoms with Crippen molar-refractivity contribution in [2.45, 2.75) is 70.2 Å². The van der Waals surface area contributed by atoms with Gasteiger partial charge in [-0.15, -0.1) is 0 Å². The largest absolute Gasteiger partial charge is 0.311 e. The molecule has 1 N–H and O–H groups in total. The molecular weight excluding hydrogens is 238 g/mol. The molecule has 5 heteroatoms. The lowest BCUT2D eigenvalue weighted by molar-refractivity contribution is 0.160. The molecule has 0 radical (unpaired) electrons. The van der Waals surface area contributed by atoms with Gasteiger partial charge in [0.15, 0.2) is 0 Å². The molecule has 2 unspecified atom stereocenters. The molecule has 0 aromatic carbocycles. The van der Waals surface area contributed by atoms with Gasteiger partial charge < -0.3 is 5.32 Å². The van der Waals surface area contributed by atoms with Gasteiger partial charge in [-0.1, -0.05) is 0 Å². The van der Waals surface area contributed by atoms with E-state index < -0.39 is 0 Å². The van der Waals surface area contributed by atoms with Crippen LogP contribution in [0, 0.1) is 0 Å². The second kappa shape index (κ2) is 5.21. The van der Waals surface area contributed by atoms with Crippen LogP contribution in [0.15, 0.2) is 6.33 Å². The molecule has 1 aromatic rings. The van der Waals surface area contributed by atoms with Crippen molar-refractivity contribution in [3.63, 3.8) is 0 Å². The number of nitrogens with zero attached hydrogens (tertiary/aromatic N) is 4. The van der Waals surface area contributed by atoms with Gasteiger partial charge in [-0.05, 0) is 46.6 Å². The molecule has 0 saturated carbocycles. The van der Waals surface area contributed by atoms with Gasteiger partial charge in [0.25, 0.3) is 0 Å². The van der Waals surface area contributed by atoms with Gasteiger partial charge in [-0.2, -0.15) is 5.10 Å². The quantitative estimate of drug-likeness (QED) is 0.896. The molecule has 5 nitrogen and oxygen atoms in total. The van der Waals surface area contributed by atoms with E-state index in [1.54, 1.807) is 6.33 Å². The number of rotatable bonds is 4. The maximum Gasteiger partial charge on any atom is 0.141 e. The van der Waals surface area contributed by atoms with Crippen LogP contribution in [0.1, 0.15) is 51.4 Å². The number of piperidine rings is 1. The predicted molar refractivity (Wildman–Crippen MR) is 74.8 cm³/mol.